The van der Waals surface area contributed by atoms with Crippen molar-refractivity contribution in [3.63, 3.8) is 0 Å². The molecular formula is C16H23ClN2O2. The van der Waals surface area contributed by atoms with Crippen LogP contribution in [0.3, 0.4) is 0 Å². The van der Waals surface area contributed by atoms with E-state index in [-0.39, 0.29) is 12.5 Å². The number of carbonyl (C=O) groups is 1. The van der Waals surface area contributed by atoms with Crippen LogP contribution >= 0.6 is 11.6 Å². The molecule has 1 heterocycles. The first-order valence-electron chi connectivity index (χ1n) is 7.34. The molecule has 1 fully saturated rings. The standard InChI is InChI=1S/C16H23ClN2O2/c1-4-5-16(21)9-19(10-16)8-14(20)18-15-12(3)6-11(2)7-13(15)17/h6-7,21H,4-5,8-10H2,1-3H3,(H,18,20). The van der Waals surface area contributed by atoms with Gasteiger partial charge in [0.05, 0.1) is 22.9 Å². The van der Waals surface area contributed by atoms with Gasteiger partial charge in [-0.05, 0) is 37.5 Å². The summed E-state index contributed by atoms with van der Waals surface area (Å²) in [7, 11) is 0. The van der Waals surface area contributed by atoms with Crippen LogP contribution in [-0.4, -0.2) is 41.1 Å². The van der Waals surface area contributed by atoms with Gasteiger partial charge in [-0.2, -0.15) is 0 Å². The largest absolute Gasteiger partial charge is 0.387 e. The molecule has 0 spiro atoms. The van der Waals surface area contributed by atoms with Gasteiger partial charge in [-0.25, -0.2) is 0 Å². The fourth-order valence-electron chi connectivity index (χ4n) is 2.98. The maximum Gasteiger partial charge on any atom is 0.238 e. The van der Waals surface area contributed by atoms with Crippen molar-refractivity contribution in [3.05, 3.63) is 28.3 Å². The summed E-state index contributed by atoms with van der Waals surface area (Å²) >= 11 is 6.18. The van der Waals surface area contributed by atoms with Gasteiger partial charge in [-0.1, -0.05) is 31.0 Å². The fourth-order valence-corrected chi connectivity index (χ4v) is 3.35. The predicted octanol–water partition coefficient (Wildman–Crippen LogP) is 2.74. The van der Waals surface area contributed by atoms with Gasteiger partial charge in [0.1, 0.15) is 0 Å². The molecule has 0 bridgehead atoms. The molecule has 5 heteroatoms. The Hall–Kier alpha value is -1.10. The van der Waals surface area contributed by atoms with Crippen molar-refractivity contribution >= 4 is 23.2 Å². The molecule has 4 nitrogen and oxygen atoms in total. The van der Waals surface area contributed by atoms with Gasteiger partial charge < -0.3 is 10.4 Å². The molecule has 2 rings (SSSR count). The van der Waals surface area contributed by atoms with Crippen molar-refractivity contribution in [1.82, 2.24) is 4.90 Å². The molecular weight excluding hydrogens is 288 g/mol. The van der Waals surface area contributed by atoms with Crippen LogP contribution < -0.4 is 5.32 Å². The number of rotatable bonds is 5. The van der Waals surface area contributed by atoms with Crippen LogP contribution in [0.25, 0.3) is 0 Å². The van der Waals surface area contributed by atoms with E-state index in [2.05, 4.69) is 12.2 Å². The first kappa shape index (κ1) is 16.3. The molecule has 1 aromatic rings. The Morgan fingerprint density at radius 2 is 2.10 bits per heavy atom. The molecule has 0 atom stereocenters. The smallest absolute Gasteiger partial charge is 0.238 e. The molecule has 0 aromatic heterocycles. The first-order chi connectivity index (χ1) is 9.83. The third-order valence-electron chi connectivity index (χ3n) is 3.81. The minimum absolute atomic E-state index is 0.0950. The molecule has 2 N–H and O–H groups in total. The Morgan fingerprint density at radius 3 is 2.67 bits per heavy atom. The number of aryl methyl sites for hydroxylation is 2. The highest BCUT2D eigenvalue weighted by molar-refractivity contribution is 6.34. The minimum atomic E-state index is -0.605. The molecule has 21 heavy (non-hydrogen) atoms. The highest BCUT2D eigenvalue weighted by Gasteiger charge is 2.40. The van der Waals surface area contributed by atoms with Gasteiger partial charge in [-0.15, -0.1) is 0 Å². The summed E-state index contributed by atoms with van der Waals surface area (Å²) in [6, 6.07) is 3.83. The lowest BCUT2D eigenvalue weighted by atomic mass is 9.89. The fraction of sp³-hybridized carbons (Fsp3) is 0.562. The monoisotopic (exact) mass is 310 g/mol. The number of hydrogen-bond donors (Lipinski definition) is 2. The zero-order chi connectivity index (χ0) is 15.6. The Kier molecular flexibility index (Phi) is 4.91. The van der Waals surface area contributed by atoms with Gasteiger partial charge in [0.15, 0.2) is 0 Å². The zero-order valence-corrected chi connectivity index (χ0v) is 13.6. The lowest BCUT2D eigenvalue weighted by Crippen LogP contribution is -2.62. The van der Waals surface area contributed by atoms with Crippen LogP contribution in [-0.2, 0) is 4.79 Å². The lowest BCUT2D eigenvalue weighted by molar-refractivity contribution is -0.129. The SMILES string of the molecule is CCCC1(O)CN(CC(=O)Nc2c(C)cc(C)cc2Cl)C1. The second-order valence-corrected chi connectivity index (χ2v) is 6.51. The van der Waals surface area contributed by atoms with Crippen LogP contribution in [0.1, 0.15) is 30.9 Å². The molecule has 0 aliphatic carbocycles. The number of nitrogens with zero attached hydrogens (tertiary/aromatic N) is 1. The Balaban J connectivity index is 1.89. The molecule has 1 aliphatic heterocycles. The molecule has 1 aromatic carbocycles. The number of β-amino-alcohol motifs (C(OH)–C–C–N with tert-alkyl or cyclic N) is 1. The molecule has 0 radical (unpaired) electrons. The number of amides is 1. The summed E-state index contributed by atoms with van der Waals surface area (Å²) in [6.07, 6.45) is 1.74. The molecule has 1 saturated heterocycles. The maximum atomic E-state index is 12.1. The van der Waals surface area contributed by atoms with E-state index in [9.17, 15) is 9.90 Å². The van der Waals surface area contributed by atoms with Gasteiger partial charge in [0, 0.05) is 13.1 Å². The van der Waals surface area contributed by atoms with E-state index in [1.165, 1.54) is 0 Å². The third-order valence-corrected chi connectivity index (χ3v) is 4.11. The number of halogens is 1. The van der Waals surface area contributed by atoms with E-state index in [1.54, 1.807) is 0 Å². The van der Waals surface area contributed by atoms with Crippen LogP contribution in [0.15, 0.2) is 12.1 Å². The quantitative estimate of drug-likeness (QED) is 0.879. The van der Waals surface area contributed by atoms with Crippen molar-refractivity contribution in [2.24, 2.45) is 0 Å². The number of aliphatic hydroxyl groups is 1. The van der Waals surface area contributed by atoms with Crippen LogP contribution in [0.5, 0.6) is 0 Å². The molecule has 0 unspecified atom stereocenters. The van der Waals surface area contributed by atoms with Crippen molar-refractivity contribution in [3.8, 4) is 0 Å². The Bertz CT molecular complexity index is 516. The number of hydrogen-bond acceptors (Lipinski definition) is 3. The molecule has 1 amide bonds. The topological polar surface area (TPSA) is 52.6 Å². The van der Waals surface area contributed by atoms with E-state index in [4.69, 9.17) is 11.6 Å². The second kappa shape index (κ2) is 6.34. The summed E-state index contributed by atoms with van der Waals surface area (Å²) in [6.45, 7) is 7.37. The summed E-state index contributed by atoms with van der Waals surface area (Å²) in [5.74, 6) is -0.0950. The van der Waals surface area contributed by atoms with Gasteiger partial charge >= 0.3 is 0 Å². The van der Waals surface area contributed by atoms with Crippen molar-refractivity contribution in [2.45, 2.75) is 39.2 Å². The lowest BCUT2D eigenvalue weighted by Gasteiger charge is -2.46. The summed E-state index contributed by atoms with van der Waals surface area (Å²) < 4.78 is 0. The van der Waals surface area contributed by atoms with Crippen molar-refractivity contribution in [2.75, 3.05) is 25.0 Å². The number of nitrogens with one attached hydrogen (secondary N) is 1. The maximum absolute atomic E-state index is 12.1. The van der Waals surface area contributed by atoms with Crippen molar-refractivity contribution in [1.29, 1.82) is 0 Å². The summed E-state index contributed by atoms with van der Waals surface area (Å²) in [4.78, 5) is 14.0. The Labute approximate surface area is 131 Å². The summed E-state index contributed by atoms with van der Waals surface area (Å²) in [5.41, 5.74) is 2.10. The average Bonchev–Trinajstić information content (AvgIpc) is 2.32. The number of likely N-dealkylation sites (tertiary alicyclic amines) is 1. The summed E-state index contributed by atoms with van der Waals surface area (Å²) in [5, 5.41) is 13.5. The first-order valence-corrected chi connectivity index (χ1v) is 7.72. The highest BCUT2D eigenvalue weighted by atomic mass is 35.5. The van der Waals surface area contributed by atoms with Gasteiger partial charge in [-0.3, -0.25) is 9.69 Å². The van der Waals surface area contributed by atoms with E-state index < -0.39 is 5.60 Å². The van der Waals surface area contributed by atoms with Crippen LogP contribution in [0, 0.1) is 13.8 Å². The minimum Gasteiger partial charge on any atom is -0.387 e. The number of anilines is 1. The van der Waals surface area contributed by atoms with Crippen molar-refractivity contribution < 1.29 is 9.90 Å². The van der Waals surface area contributed by atoms with Gasteiger partial charge in [0.25, 0.3) is 0 Å². The third kappa shape index (κ3) is 3.96. The number of benzene rings is 1. The molecule has 116 valence electrons. The Morgan fingerprint density at radius 1 is 1.43 bits per heavy atom. The molecule has 1 aliphatic rings. The van der Waals surface area contributed by atoms with E-state index >= 15 is 0 Å². The normalized spacial score (nSPS) is 17.4. The van der Waals surface area contributed by atoms with Crippen LogP contribution in [0.4, 0.5) is 5.69 Å². The van der Waals surface area contributed by atoms with E-state index in [0.29, 0.717) is 23.8 Å². The van der Waals surface area contributed by atoms with Crippen LogP contribution in [0.2, 0.25) is 5.02 Å². The number of carbonyl (C=O) groups excluding carboxylic acids is 1. The molecule has 0 saturated carbocycles. The van der Waals surface area contributed by atoms with E-state index in [0.717, 1.165) is 24.0 Å². The highest BCUT2D eigenvalue weighted by Crippen LogP contribution is 2.28. The van der Waals surface area contributed by atoms with Gasteiger partial charge in [0.2, 0.25) is 5.91 Å². The van der Waals surface area contributed by atoms with E-state index in [1.807, 2.05) is 30.9 Å². The average molecular weight is 311 g/mol. The zero-order valence-electron chi connectivity index (χ0n) is 12.9. The predicted molar refractivity (Wildman–Crippen MR) is 85.9 cm³/mol. The second-order valence-electron chi connectivity index (χ2n) is 6.11.